The predicted octanol–water partition coefficient (Wildman–Crippen LogP) is 2.95. The molecule has 0 radical (unpaired) electrons. The van der Waals surface area contributed by atoms with E-state index in [0.29, 0.717) is 6.54 Å². The smallest absolute Gasteiger partial charge is 0.407 e. The van der Waals surface area contributed by atoms with E-state index < -0.39 is 6.09 Å². The first-order valence-electron chi connectivity index (χ1n) is 6.02. The average molecular weight is 251 g/mol. The van der Waals surface area contributed by atoms with Crippen molar-refractivity contribution in [1.29, 1.82) is 0 Å². The molecule has 18 heavy (non-hydrogen) atoms. The van der Waals surface area contributed by atoms with Crippen molar-refractivity contribution in [3.63, 3.8) is 0 Å². The van der Waals surface area contributed by atoms with E-state index in [4.69, 9.17) is 9.47 Å². The molecule has 0 bridgehead atoms. The van der Waals surface area contributed by atoms with Crippen LogP contribution in [-0.2, 0) is 11.3 Å². The molecular formula is C14H21NO3. The molecule has 0 unspecified atom stereocenters. The van der Waals surface area contributed by atoms with Crippen LogP contribution in [0.4, 0.5) is 4.79 Å². The molecule has 1 rings (SSSR count). The Labute approximate surface area is 108 Å². The van der Waals surface area contributed by atoms with Gasteiger partial charge in [-0.2, -0.15) is 0 Å². The van der Waals surface area contributed by atoms with E-state index in [1.54, 1.807) is 7.11 Å². The Bertz CT molecular complexity index is 404. The number of hydrogen-bond acceptors (Lipinski definition) is 3. The molecule has 100 valence electrons. The number of carbonyl (C=O) groups is 1. The first-order valence-corrected chi connectivity index (χ1v) is 6.02. The Balaban J connectivity index is 2.66. The summed E-state index contributed by atoms with van der Waals surface area (Å²) in [4.78, 5) is 11.4. The van der Waals surface area contributed by atoms with Gasteiger partial charge in [-0.15, -0.1) is 0 Å². The fraction of sp³-hybridized carbons (Fsp3) is 0.500. The maximum absolute atomic E-state index is 11.4. The summed E-state index contributed by atoms with van der Waals surface area (Å²) < 4.78 is 10.3. The number of rotatable bonds is 4. The van der Waals surface area contributed by atoms with Crippen LogP contribution in [0.15, 0.2) is 12.1 Å². The zero-order valence-electron chi connectivity index (χ0n) is 11.7. The van der Waals surface area contributed by atoms with Crippen molar-refractivity contribution in [1.82, 2.24) is 5.32 Å². The number of ether oxygens (including phenoxy) is 2. The van der Waals surface area contributed by atoms with Crippen molar-refractivity contribution in [2.45, 2.75) is 40.3 Å². The number of hydrogen-bond donors (Lipinski definition) is 1. The molecule has 0 saturated heterocycles. The molecule has 0 aliphatic heterocycles. The molecule has 1 aromatic carbocycles. The van der Waals surface area contributed by atoms with Gasteiger partial charge in [0, 0.05) is 6.54 Å². The molecule has 1 N–H and O–H groups in total. The Morgan fingerprint density at radius 3 is 2.28 bits per heavy atom. The van der Waals surface area contributed by atoms with Gasteiger partial charge >= 0.3 is 6.09 Å². The summed E-state index contributed by atoms with van der Waals surface area (Å²) in [5.74, 6) is 0.892. The van der Waals surface area contributed by atoms with E-state index >= 15 is 0 Å². The summed E-state index contributed by atoms with van der Waals surface area (Å²) in [6.45, 7) is 8.07. The minimum absolute atomic E-state index is 0.107. The fourth-order valence-corrected chi connectivity index (χ4v) is 1.89. The Kier molecular flexibility index (Phi) is 5.01. The quantitative estimate of drug-likeness (QED) is 0.895. The lowest BCUT2D eigenvalue weighted by Gasteiger charge is -2.13. The summed E-state index contributed by atoms with van der Waals surface area (Å²) in [7, 11) is 1.66. The van der Waals surface area contributed by atoms with Crippen LogP contribution in [-0.4, -0.2) is 19.3 Å². The van der Waals surface area contributed by atoms with E-state index in [2.05, 4.69) is 5.32 Å². The number of aryl methyl sites for hydroxylation is 2. The van der Waals surface area contributed by atoms with Crippen LogP contribution in [0.25, 0.3) is 0 Å². The summed E-state index contributed by atoms with van der Waals surface area (Å²) in [5.41, 5.74) is 3.16. The third-order valence-corrected chi connectivity index (χ3v) is 2.50. The first-order chi connectivity index (χ1) is 8.43. The third kappa shape index (κ3) is 3.95. The van der Waals surface area contributed by atoms with Gasteiger partial charge in [0.15, 0.2) is 0 Å². The second kappa shape index (κ2) is 6.28. The molecule has 4 nitrogen and oxygen atoms in total. The van der Waals surface area contributed by atoms with Crippen LogP contribution in [0.1, 0.15) is 30.5 Å². The number of carbonyl (C=O) groups excluding carboxylic acids is 1. The van der Waals surface area contributed by atoms with Gasteiger partial charge in [-0.1, -0.05) is 12.1 Å². The molecule has 0 fully saturated rings. The van der Waals surface area contributed by atoms with Crippen molar-refractivity contribution < 1.29 is 14.3 Å². The van der Waals surface area contributed by atoms with Crippen LogP contribution < -0.4 is 10.1 Å². The van der Waals surface area contributed by atoms with Gasteiger partial charge in [0.25, 0.3) is 0 Å². The lowest BCUT2D eigenvalue weighted by Crippen LogP contribution is -2.26. The highest BCUT2D eigenvalue weighted by molar-refractivity contribution is 5.67. The number of alkyl carbamates (subject to hydrolysis) is 1. The number of benzene rings is 1. The summed E-state index contributed by atoms with van der Waals surface area (Å²) >= 11 is 0. The van der Waals surface area contributed by atoms with Gasteiger partial charge in [0.05, 0.1) is 13.2 Å². The van der Waals surface area contributed by atoms with Crippen molar-refractivity contribution in [3.8, 4) is 5.75 Å². The lowest BCUT2D eigenvalue weighted by atomic mass is 10.1. The van der Waals surface area contributed by atoms with Gasteiger partial charge in [0.1, 0.15) is 5.75 Å². The maximum Gasteiger partial charge on any atom is 0.407 e. The zero-order valence-corrected chi connectivity index (χ0v) is 11.7. The normalized spacial score (nSPS) is 10.3. The molecule has 0 spiro atoms. The number of methoxy groups -OCH3 is 1. The number of nitrogens with one attached hydrogen (secondary N) is 1. The van der Waals surface area contributed by atoms with E-state index in [1.807, 2.05) is 39.8 Å². The predicted molar refractivity (Wildman–Crippen MR) is 70.9 cm³/mol. The molecule has 1 amide bonds. The largest absolute Gasteiger partial charge is 0.496 e. The average Bonchev–Trinajstić information content (AvgIpc) is 2.25. The van der Waals surface area contributed by atoms with Gasteiger partial charge < -0.3 is 14.8 Å². The lowest BCUT2D eigenvalue weighted by molar-refractivity contribution is 0.115. The molecule has 1 aromatic rings. The van der Waals surface area contributed by atoms with Crippen LogP contribution in [0, 0.1) is 13.8 Å². The third-order valence-electron chi connectivity index (χ3n) is 2.50. The minimum Gasteiger partial charge on any atom is -0.496 e. The zero-order chi connectivity index (χ0) is 13.7. The highest BCUT2D eigenvalue weighted by Crippen LogP contribution is 2.24. The SMILES string of the molecule is COc1c(C)cc(CNC(=O)OC(C)C)cc1C. The molecule has 0 aromatic heterocycles. The van der Waals surface area contributed by atoms with Crippen molar-refractivity contribution in [2.75, 3.05) is 7.11 Å². The highest BCUT2D eigenvalue weighted by Gasteiger charge is 2.07. The minimum atomic E-state index is -0.392. The van der Waals surface area contributed by atoms with E-state index in [1.165, 1.54) is 0 Å². The highest BCUT2D eigenvalue weighted by atomic mass is 16.6. The van der Waals surface area contributed by atoms with Crippen molar-refractivity contribution in [2.24, 2.45) is 0 Å². The molecular weight excluding hydrogens is 230 g/mol. The van der Waals surface area contributed by atoms with Crippen molar-refractivity contribution in [3.05, 3.63) is 28.8 Å². The monoisotopic (exact) mass is 251 g/mol. The van der Waals surface area contributed by atoms with Crippen LogP contribution in [0.3, 0.4) is 0 Å². The van der Waals surface area contributed by atoms with Crippen LogP contribution in [0.5, 0.6) is 5.75 Å². The number of amides is 1. The molecule has 0 atom stereocenters. The molecule has 0 aliphatic rings. The van der Waals surface area contributed by atoms with Crippen molar-refractivity contribution >= 4 is 6.09 Å². The molecule has 0 heterocycles. The van der Waals surface area contributed by atoms with Crippen LogP contribution in [0.2, 0.25) is 0 Å². The topological polar surface area (TPSA) is 47.6 Å². The molecule has 0 saturated carbocycles. The second-order valence-corrected chi connectivity index (χ2v) is 4.57. The summed E-state index contributed by atoms with van der Waals surface area (Å²) in [6.07, 6.45) is -0.500. The summed E-state index contributed by atoms with van der Waals surface area (Å²) in [5, 5.41) is 2.72. The maximum atomic E-state index is 11.4. The van der Waals surface area contributed by atoms with Gasteiger partial charge in [-0.3, -0.25) is 0 Å². The molecule has 0 aliphatic carbocycles. The second-order valence-electron chi connectivity index (χ2n) is 4.57. The Morgan fingerprint density at radius 2 is 1.83 bits per heavy atom. The van der Waals surface area contributed by atoms with E-state index in [9.17, 15) is 4.79 Å². The van der Waals surface area contributed by atoms with Gasteiger partial charge in [0.2, 0.25) is 0 Å². The van der Waals surface area contributed by atoms with Gasteiger partial charge in [-0.25, -0.2) is 4.79 Å². The van der Waals surface area contributed by atoms with E-state index in [0.717, 1.165) is 22.4 Å². The Morgan fingerprint density at radius 1 is 1.28 bits per heavy atom. The fourth-order valence-electron chi connectivity index (χ4n) is 1.89. The van der Waals surface area contributed by atoms with Gasteiger partial charge in [-0.05, 0) is 44.4 Å². The van der Waals surface area contributed by atoms with E-state index in [-0.39, 0.29) is 6.10 Å². The standard InChI is InChI=1S/C14H21NO3/c1-9(2)18-14(16)15-8-12-6-10(3)13(17-5)11(4)7-12/h6-7,9H,8H2,1-5H3,(H,15,16). The first kappa shape index (κ1) is 14.4. The summed E-state index contributed by atoms with van der Waals surface area (Å²) in [6, 6.07) is 4.00. The van der Waals surface area contributed by atoms with Crippen LogP contribution >= 0.6 is 0 Å². The Hall–Kier alpha value is -1.71. The molecule has 4 heteroatoms.